The minimum Gasteiger partial charge on any atom is -0.493 e. The summed E-state index contributed by atoms with van der Waals surface area (Å²) in [6, 6.07) is 6.39. The van der Waals surface area contributed by atoms with Crippen LogP contribution in [0.1, 0.15) is 49.2 Å². The smallest absolute Gasteiger partial charge is 0.173 e. The van der Waals surface area contributed by atoms with Crippen LogP contribution in [0.4, 0.5) is 0 Å². The first-order valence-electron chi connectivity index (χ1n) is 10.1. The molecule has 1 atom stereocenters. The number of benzene rings is 1. The van der Waals surface area contributed by atoms with E-state index in [1.54, 1.807) is 14.2 Å². The third kappa shape index (κ3) is 3.58. The van der Waals surface area contributed by atoms with Crippen LogP contribution in [0.2, 0.25) is 0 Å². The van der Waals surface area contributed by atoms with Crippen molar-refractivity contribution in [1.29, 1.82) is 0 Å². The van der Waals surface area contributed by atoms with E-state index in [4.69, 9.17) is 9.47 Å². The van der Waals surface area contributed by atoms with E-state index in [9.17, 15) is 0 Å². The number of methoxy groups -OCH3 is 2. The topological polar surface area (TPSA) is 68.5 Å². The monoisotopic (exact) mass is 386 g/mol. The Hall–Kier alpha value is -2.19. The molecule has 1 saturated heterocycles. The van der Waals surface area contributed by atoms with Gasteiger partial charge in [-0.3, -0.25) is 4.90 Å². The van der Waals surface area contributed by atoms with E-state index < -0.39 is 0 Å². The zero-order valence-corrected chi connectivity index (χ0v) is 17.0. The SMILES string of the molecule is COc1cccc(C(c2nnnn2C2CCCC2)N2CCN(C)CC2)c1OC. The summed E-state index contributed by atoms with van der Waals surface area (Å²) in [4.78, 5) is 4.82. The van der Waals surface area contributed by atoms with Crippen molar-refractivity contribution >= 4 is 0 Å². The Morgan fingerprint density at radius 2 is 1.79 bits per heavy atom. The van der Waals surface area contributed by atoms with Crippen molar-refractivity contribution in [3.63, 3.8) is 0 Å². The molecule has 28 heavy (non-hydrogen) atoms. The molecule has 8 heteroatoms. The maximum atomic E-state index is 5.78. The lowest BCUT2D eigenvalue weighted by Gasteiger charge is -2.38. The molecule has 1 saturated carbocycles. The standard InChI is InChI=1S/C20H30N6O2/c1-24-11-13-25(14-12-24)18(16-9-6-10-17(27-2)19(16)28-3)20-21-22-23-26(20)15-7-4-5-8-15/h6,9-10,15,18H,4-5,7-8,11-14H2,1-3H3. The normalized spacial score (nSPS) is 20.4. The fraction of sp³-hybridized carbons (Fsp3) is 0.650. The molecular weight excluding hydrogens is 356 g/mol. The number of piperazine rings is 1. The zero-order chi connectivity index (χ0) is 19.5. The third-order valence-corrected chi connectivity index (χ3v) is 6.06. The summed E-state index contributed by atoms with van der Waals surface area (Å²) >= 11 is 0. The van der Waals surface area contributed by atoms with Gasteiger partial charge in [-0.05, 0) is 36.4 Å². The van der Waals surface area contributed by atoms with E-state index in [1.165, 1.54) is 12.8 Å². The molecule has 4 rings (SSSR count). The largest absolute Gasteiger partial charge is 0.493 e. The van der Waals surface area contributed by atoms with Gasteiger partial charge in [0.15, 0.2) is 17.3 Å². The van der Waals surface area contributed by atoms with Gasteiger partial charge in [0.25, 0.3) is 0 Å². The molecule has 1 aliphatic carbocycles. The highest BCUT2D eigenvalue weighted by Crippen LogP contribution is 2.41. The number of hydrogen-bond donors (Lipinski definition) is 0. The number of likely N-dealkylation sites (N-methyl/N-ethyl adjacent to an activating group) is 1. The lowest BCUT2D eigenvalue weighted by Crippen LogP contribution is -2.47. The van der Waals surface area contributed by atoms with E-state index in [-0.39, 0.29) is 6.04 Å². The number of para-hydroxylation sites is 1. The highest BCUT2D eigenvalue weighted by atomic mass is 16.5. The summed E-state index contributed by atoms with van der Waals surface area (Å²) in [5.41, 5.74) is 1.06. The fourth-order valence-electron chi connectivity index (χ4n) is 4.50. The summed E-state index contributed by atoms with van der Waals surface area (Å²) in [5, 5.41) is 13.0. The maximum absolute atomic E-state index is 5.78. The van der Waals surface area contributed by atoms with Gasteiger partial charge in [-0.2, -0.15) is 0 Å². The molecule has 2 aromatic rings. The second-order valence-electron chi connectivity index (χ2n) is 7.74. The van der Waals surface area contributed by atoms with Crippen molar-refractivity contribution in [2.45, 2.75) is 37.8 Å². The minimum absolute atomic E-state index is 0.0608. The molecule has 2 heterocycles. The molecule has 0 radical (unpaired) electrons. The summed E-state index contributed by atoms with van der Waals surface area (Å²) in [7, 11) is 5.54. The van der Waals surface area contributed by atoms with Gasteiger partial charge in [0.2, 0.25) is 0 Å². The van der Waals surface area contributed by atoms with Crippen LogP contribution in [-0.4, -0.2) is 77.5 Å². The molecule has 1 aromatic carbocycles. The van der Waals surface area contributed by atoms with E-state index in [0.29, 0.717) is 6.04 Å². The van der Waals surface area contributed by atoms with E-state index in [1.807, 2.05) is 12.1 Å². The predicted octanol–water partition coefficient (Wildman–Crippen LogP) is 2.14. The highest BCUT2D eigenvalue weighted by Gasteiger charge is 2.34. The first kappa shape index (κ1) is 19.1. The van der Waals surface area contributed by atoms with Gasteiger partial charge in [-0.15, -0.1) is 5.10 Å². The maximum Gasteiger partial charge on any atom is 0.173 e. The number of ether oxygens (including phenoxy) is 2. The van der Waals surface area contributed by atoms with E-state index in [2.05, 4.69) is 43.1 Å². The van der Waals surface area contributed by atoms with Crippen LogP contribution in [0.15, 0.2) is 18.2 Å². The molecule has 152 valence electrons. The average Bonchev–Trinajstić information content (AvgIpc) is 3.41. The Kier molecular flexibility index (Phi) is 5.77. The Labute approximate surface area is 166 Å². The van der Waals surface area contributed by atoms with Gasteiger partial charge < -0.3 is 14.4 Å². The van der Waals surface area contributed by atoms with Crippen molar-refractivity contribution < 1.29 is 9.47 Å². The van der Waals surface area contributed by atoms with Crippen LogP contribution in [0, 0.1) is 0 Å². The van der Waals surface area contributed by atoms with Crippen LogP contribution in [-0.2, 0) is 0 Å². The van der Waals surface area contributed by atoms with Gasteiger partial charge in [0.05, 0.1) is 20.3 Å². The molecule has 2 aliphatic rings. The summed E-state index contributed by atoms with van der Waals surface area (Å²) in [6.07, 6.45) is 4.77. The zero-order valence-electron chi connectivity index (χ0n) is 17.0. The molecule has 1 aromatic heterocycles. The van der Waals surface area contributed by atoms with Crippen LogP contribution in [0.3, 0.4) is 0 Å². The average molecular weight is 387 g/mol. The molecule has 2 fully saturated rings. The first-order chi connectivity index (χ1) is 13.7. The third-order valence-electron chi connectivity index (χ3n) is 6.06. The number of rotatable bonds is 6. The number of nitrogens with zero attached hydrogens (tertiary/aromatic N) is 6. The summed E-state index contributed by atoms with van der Waals surface area (Å²) in [6.45, 7) is 3.96. The lowest BCUT2D eigenvalue weighted by atomic mass is 10.0. The lowest BCUT2D eigenvalue weighted by molar-refractivity contribution is 0.119. The Balaban J connectivity index is 1.79. The Bertz CT molecular complexity index is 781. The number of tetrazole rings is 1. The molecule has 1 unspecified atom stereocenters. The molecular formula is C20H30N6O2. The van der Waals surface area contributed by atoms with E-state index >= 15 is 0 Å². The molecule has 0 spiro atoms. The fourth-order valence-corrected chi connectivity index (χ4v) is 4.50. The van der Waals surface area contributed by atoms with Crippen molar-refractivity contribution in [2.75, 3.05) is 47.4 Å². The summed E-state index contributed by atoms with van der Waals surface area (Å²) < 4.78 is 13.4. The number of hydrogen-bond acceptors (Lipinski definition) is 7. The first-order valence-corrected chi connectivity index (χ1v) is 10.1. The van der Waals surface area contributed by atoms with Crippen LogP contribution < -0.4 is 9.47 Å². The molecule has 1 aliphatic heterocycles. The Morgan fingerprint density at radius 3 is 2.46 bits per heavy atom. The second-order valence-corrected chi connectivity index (χ2v) is 7.74. The van der Waals surface area contributed by atoms with Gasteiger partial charge in [0, 0.05) is 31.7 Å². The predicted molar refractivity (Wildman–Crippen MR) is 106 cm³/mol. The van der Waals surface area contributed by atoms with Crippen molar-refractivity contribution in [2.24, 2.45) is 0 Å². The molecule has 8 nitrogen and oxygen atoms in total. The van der Waals surface area contributed by atoms with Crippen LogP contribution in [0.5, 0.6) is 11.5 Å². The minimum atomic E-state index is -0.0608. The van der Waals surface area contributed by atoms with Gasteiger partial charge in [-0.25, -0.2) is 4.68 Å². The van der Waals surface area contributed by atoms with Crippen molar-refractivity contribution in [3.05, 3.63) is 29.6 Å². The second kappa shape index (κ2) is 8.45. The van der Waals surface area contributed by atoms with Crippen molar-refractivity contribution in [3.8, 4) is 11.5 Å². The summed E-state index contributed by atoms with van der Waals surface area (Å²) in [5.74, 6) is 2.40. The van der Waals surface area contributed by atoms with Gasteiger partial charge in [-0.1, -0.05) is 25.0 Å². The van der Waals surface area contributed by atoms with Crippen molar-refractivity contribution in [1.82, 2.24) is 30.0 Å². The molecule has 0 bridgehead atoms. The van der Waals surface area contributed by atoms with Gasteiger partial charge >= 0.3 is 0 Å². The van der Waals surface area contributed by atoms with Crippen LogP contribution >= 0.6 is 0 Å². The van der Waals surface area contributed by atoms with Crippen LogP contribution in [0.25, 0.3) is 0 Å². The quantitative estimate of drug-likeness (QED) is 0.753. The van der Waals surface area contributed by atoms with E-state index in [0.717, 1.165) is 61.9 Å². The number of aromatic nitrogens is 4. The highest BCUT2D eigenvalue weighted by molar-refractivity contribution is 5.49. The molecule has 0 N–H and O–H groups in total. The molecule has 0 amide bonds. The Morgan fingerprint density at radius 1 is 1.04 bits per heavy atom. The van der Waals surface area contributed by atoms with Gasteiger partial charge in [0.1, 0.15) is 6.04 Å².